The summed E-state index contributed by atoms with van der Waals surface area (Å²) < 4.78 is 26.7. The lowest BCUT2D eigenvalue weighted by molar-refractivity contribution is 0.1000. The molecule has 0 bridgehead atoms. The van der Waals surface area contributed by atoms with E-state index in [-0.39, 0.29) is 22.0 Å². The van der Waals surface area contributed by atoms with Crippen molar-refractivity contribution in [1.82, 2.24) is 4.72 Å². The zero-order chi connectivity index (χ0) is 14.8. The summed E-state index contributed by atoms with van der Waals surface area (Å²) in [5, 5.41) is 1.98. The van der Waals surface area contributed by atoms with Crippen LogP contribution in [0.1, 0.15) is 15.2 Å². The first kappa shape index (κ1) is 15.0. The maximum atomic E-state index is 12.1. The third-order valence-corrected chi connectivity index (χ3v) is 5.13. The first-order chi connectivity index (χ1) is 9.40. The minimum atomic E-state index is -3.72. The zero-order valence-corrected chi connectivity index (χ0v) is 12.6. The second kappa shape index (κ2) is 5.92. The fourth-order valence-electron chi connectivity index (χ4n) is 1.52. The molecule has 0 spiro atoms. The smallest absolute Gasteiger partial charge is 0.250 e. The molecule has 2 aromatic rings. The number of primary amides is 1. The van der Waals surface area contributed by atoms with Crippen LogP contribution in [0.5, 0.6) is 0 Å². The summed E-state index contributed by atoms with van der Waals surface area (Å²) in [6.07, 6.45) is 0. The van der Waals surface area contributed by atoms with Crippen molar-refractivity contribution >= 4 is 38.9 Å². The summed E-state index contributed by atoms with van der Waals surface area (Å²) in [4.78, 5) is 12.0. The molecular weight excluding hydrogens is 320 g/mol. The maximum absolute atomic E-state index is 12.1. The molecule has 0 radical (unpaired) electrons. The van der Waals surface area contributed by atoms with Crippen molar-refractivity contribution in [3.05, 3.63) is 51.2 Å². The highest BCUT2D eigenvalue weighted by Gasteiger charge is 2.17. The molecule has 8 heteroatoms. The van der Waals surface area contributed by atoms with Crippen molar-refractivity contribution in [3.8, 4) is 0 Å². The monoisotopic (exact) mass is 330 g/mol. The summed E-state index contributed by atoms with van der Waals surface area (Å²) in [6.45, 7) is 0.189. The van der Waals surface area contributed by atoms with Crippen molar-refractivity contribution in [2.45, 2.75) is 11.4 Å². The van der Waals surface area contributed by atoms with E-state index in [1.54, 1.807) is 0 Å². The number of nitrogens with one attached hydrogen (secondary N) is 1. The number of halogens is 1. The van der Waals surface area contributed by atoms with Crippen molar-refractivity contribution < 1.29 is 13.2 Å². The van der Waals surface area contributed by atoms with Gasteiger partial charge < -0.3 is 5.73 Å². The molecule has 1 heterocycles. The number of amides is 1. The molecule has 1 aromatic heterocycles. The zero-order valence-electron chi connectivity index (χ0n) is 10.2. The Morgan fingerprint density at radius 3 is 2.70 bits per heavy atom. The first-order valence-electron chi connectivity index (χ1n) is 5.51. The maximum Gasteiger partial charge on any atom is 0.250 e. The van der Waals surface area contributed by atoms with E-state index < -0.39 is 15.9 Å². The van der Waals surface area contributed by atoms with E-state index in [2.05, 4.69) is 4.72 Å². The van der Waals surface area contributed by atoms with Crippen LogP contribution in [0, 0.1) is 0 Å². The molecule has 1 amide bonds. The lowest BCUT2D eigenvalue weighted by Crippen LogP contribution is -2.23. The highest BCUT2D eigenvalue weighted by atomic mass is 35.5. The molecule has 0 fully saturated rings. The van der Waals surface area contributed by atoms with Crippen LogP contribution in [0.25, 0.3) is 0 Å². The number of hydrogen-bond donors (Lipinski definition) is 2. The lowest BCUT2D eigenvalue weighted by atomic mass is 10.2. The fourth-order valence-corrected chi connectivity index (χ4v) is 3.50. The molecule has 106 valence electrons. The largest absolute Gasteiger partial charge is 0.366 e. The van der Waals surface area contributed by atoms with E-state index in [4.69, 9.17) is 17.3 Å². The van der Waals surface area contributed by atoms with Gasteiger partial charge in [-0.1, -0.05) is 17.7 Å². The van der Waals surface area contributed by atoms with E-state index in [1.165, 1.54) is 29.5 Å². The molecule has 5 nitrogen and oxygen atoms in total. The van der Waals surface area contributed by atoms with Gasteiger partial charge in [0.1, 0.15) is 0 Å². The Labute approximate surface area is 125 Å². The minimum Gasteiger partial charge on any atom is -0.366 e. The number of carbonyl (C=O) groups is 1. The van der Waals surface area contributed by atoms with Gasteiger partial charge in [0.25, 0.3) is 0 Å². The van der Waals surface area contributed by atoms with Crippen LogP contribution in [-0.2, 0) is 16.6 Å². The van der Waals surface area contributed by atoms with Gasteiger partial charge in [-0.3, -0.25) is 4.79 Å². The predicted octanol–water partition coefficient (Wildman–Crippen LogP) is 1.98. The van der Waals surface area contributed by atoms with Crippen LogP contribution < -0.4 is 10.5 Å². The normalized spacial score (nSPS) is 11.4. The van der Waals surface area contributed by atoms with Gasteiger partial charge in [0.2, 0.25) is 15.9 Å². The van der Waals surface area contributed by atoms with Crippen LogP contribution >= 0.6 is 22.9 Å². The van der Waals surface area contributed by atoms with E-state index in [0.717, 1.165) is 4.88 Å². The third-order valence-electron chi connectivity index (χ3n) is 2.53. The topological polar surface area (TPSA) is 89.3 Å². The molecule has 0 saturated carbocycles. The average Bonchev–Trinajstić information content (AvgIpc) is 2.89. The molecule has 2 rings (SSSR count). The average molecular weight is 331 g/mol. The second-order valence-corrected chi connectivity index (χ2v) is 7.12. The van der Waals surface area contributed by atoms with E-state index >= 15 is 0 Å². The number of carbonyl (C=O) groups excluding carboxylic acids is 1. The second-order valence-electron chi connectivity index (χ2n) is 3.91. The fraction of sp³-hybridized carbons (Fsp3) is 0.0833. The Bertz CT molecular complexity index is 727. The Morgan fingerprint density at radius 1 is 1.35 bits per heavy atom. The lowest BCUT2D eigenvalue weighted by Gasteiger charge is -2.07. The van der Waals surface area contributed by atoms with Gasteiger partial charge >= 0.3 is 0 Å². The number of rotatable bonds is 5. The SMILES string of the molecule is NC(=O)c1cc(S(=O)(=O)NCc2cccs2)ccc1Cl. The van der Waals surface area contributed by atoms with Crippen molar-refractivity contribution in [3.63, 3.8) is 0 Å². The van der Waals surface area contributed by atoms with Gasteiger partial charge in [-0.2, -0.15) is 0 Å². The first-order valence-corrected chi connectivity index (χ1v) is 8.25. The Balaban J connectivity index is 2.25. The molecule has 20 heavy (non-hydrogen) atoms. The molecule has 1 aromatic carbocycles. The van der Waals surface area contributed by atoms with Gasteiger partial charge in [-0.25, -0.2) is 13.1 Å². The van der Waals surface area contributed by atoms with Crippen molar-refractivity contribution in [2.75, 3.05) is 0 Å². The standard InChI is InChI=1S/C12H11ClN2O3S2/c13-11-4-3-9(6-10(11)12(14)16)20(17,18)15-7-8-2-1-5-19-8/h1-6,15H,7H2,(H2,14,16). The summed E-state index contributed by atoms with van der Waals surface area (Å²) in [7, 11) is -3.72. The molecule has 0 atom stereocenters. The molecule has 0 aliphatic heterocycles. The summed E-state index contributed by atoms with van der Waals surface area (Å²) >= 11 is 7.23. The molecule has 3 N–H and O–H groups in total. The highest BCUT2D eigenvalue weighted by Crippen LogP contribution is 2.20. The van der Waals surface area contributed by atoms with Crippen LogP contribution in [0.15, 0.2) is 40.6 Å². The number of thiophene rings is 1. The molecule has 0 unspecified atom stereocenters. The van der Waals surface area contributed by atoms with Crippen LogP contribution in [0.4, 0.5) is 0 Å². The minimum absolute atomic E-state index is 0.0225. The third kappa shape index (κ3) is 3.37. The van der Waals surface area contributed by atoms with Gasteiger partial charge in [-0.05, 0) is 29.6 Å². The van der Waals surface area contributed by atoms with Gasteiger partial charge in [-0.15, -0.1) is 11.3 Å². The molecular formula is C12H11ClN2O3S2. The van der Waals surface area contributed by atoms with Crippen LogP contribution in [0.2, 0.25) is 5.02 Å². The molecule has 0 aliphatic carbocycles. The predicted molar refractivity (Wildman–Crippen MR) is 78.3 cm³/mol. The summed E-state index contributed by atoms with van der Waals surface area (Å²) in [6, 6.07) is 7.49. The van der Waals surface area contributed by atoms with E-state index in [1.807, 2.05) is 17.5 Å². The molecule has 0 aliphatic rings. The van der Waals surface area contributed by atoms with E-state index in [0.29, 0.717) is 0 Å². The van der Waals surface area contributed by atoms with Crippen LogP contribution in [-0.4, -0.2) is 14.3 Å². The van der Waals surface area contributed by atoms with Crippen molar-refractivity contribution in [2.24, 2.45) is 5.73 Å². The van der Waals surface area contributed by atoms with Crippen LogP contribution in [0.3, 0.4) is 0 Å². The Morgan fingerprint density at radius 2 is 2.10 bits per heavy atom. The number of hydrogen-bond acceptors (Lipinski definition) is 4. The summed E-state index contributed by atoms with van der Waals surface area (Å²) in [5.74, 6) is -0.773. The van der Waals surface area contributed by atoms with Gasteiger partial charge in [0, 0.05) is 11.4 Å². The number of sulfonamides is 1. The number of nitrogens with two attached hydrogens (primary N) is 1. The number of benzene rings is 1. The van der Waals surface area contributed by atoms with E-state index in [9.17, 15) is 13.2 Å². The summed E-state index contributed by atoms with van der Waals surface area (Å²) in [5.41, 5.74) is 5.12. The Kier molecular flexibility index (Phi) is 4.44. The van der Waals surface area contributed by atoms with Gasteiger partial charge in [0.05, 0.1) is 15.5 Å². The molecule has 0 saturated heterocycles. The van der Waals surface area contributed by atoms with Crippen molar-refractivity contribution in [1.29, 1.82) is 0 Å². The van der Waals surface area contributed by atoms with Gasteiger partial charge in [0.15, 0.2) is 0 Å². The quantitative estimate of drug-likeness (QED) is 0.878. The highest BCUT2D eigenvalue weighted by molar-refractivity contribution is 7.89. The Hall–Kier alpha value is -1.41.